The topological polar surface area (TPSA) is 15.6 Å². The van der Waals surface area contributed by atoms with E-state index in [-0.39, 0.29) is 0 Å². The lowest BCUT2D eigenvalue weighted by Crippen LogP contribution is -2.26. The summed E-state index contributed by atoms with van der Waals surface area (Å²) in [6.45, 7) is 33.5. The molecule has 2 saturated carbocycles. The molecule has 1 saturated heterocycles. The van der Waals surface area contributed by atoms with Crippen molar-refractivity contribution in [1.29, 1.82) is 0 Å². The summed E-state index contributed by atoms with van der Waals surface area (Å²) in [6, 6.07) is 8.54. The molecule has 2 aliphatic carbocycles. The summed E-state index contributed by atoms with van der Waals surface area (Å²) in [5.41, 5.74) is 6.50. The second-order valence-corrected chi connectivity index (χ2v) is 15.9. The van der Waals surface area contributed by atoms with Crippen LogP contribution in [0.5, 0.6) is 0 Å². The molecule has 308 valence electrons. The van der Waals surface area contributed by atoms with E-state index in [1.807, 2.05) is 19.9 Å². The fraction of sp³-hybridized carbons (Fsp3) is 0.745. The molecule has 0 spiro atoms. The zero-order valence-corrected chi connectivity index (χ0v) is 38.1. The Bertz CT molecular complexity index is 997. The van der Waals surface area contributed by atoms with E-state index in [1.54, 1.807) is 0 Å². The van der Waals surface area contributed by atoms with Gasteiger partial charge in [-0.2, -0.15) is 0 Å². The predicted octanol–water partition coefficient (Wildman–Crippen LogP) is 17.0. The SMILES string of the molecule is C1CCCCCC1.C=C/C(=C\C(=NCCC)/C(C)=C/CC)N1CCCCCCC1.CC.CC1CCC(C)CC1.CCCC.Cc1ccccc1C(C)C. The first-order valence-corrected chi connectivity index (χ1v) is 23.0. The van der Waals surface area contributed by atoms with E-state index in [2.05, 4.69) is 117 Å². The van der Waals surface area contributed by atoms with Crippen LogP contribution >= 0.6 is 0 Å². The van der Waals surface area contributed by atoms with Gasteiger partial charge < -0.3 is 4.90 Å². The van der Waals surface area contributed by atoms with Crippen LogP contribution in [0.25, 0.3) is 0 Å². The number of hydrogen-bond donors (Lipinski definition) is 0. The Labute approximate surface area is 334 Å². The van der Waals surface area contributed by atoms with E-state index in [0.717, 1.165) is 50.0 Å². The number of aryl methyl sites for hydroxylation is 1. The van der Waals surface area contributed by atoms with Gasteiger partial charge in [-0.05, 0) is 86.1 Å². The highest BCUT2D eigenvalue weighted by Crippen LogP contribution is 2.27. The van der Waals surface area contributed by atoms with E-state index in [4.69, 9.17) is 4.99 Å². The van der Waals surface area contributed by atoms with E-state index in [9.17, 15) is 0 Å². The Balaban J connectivity index is 0. The molecule has 0 N–H and O–H groups in total. The van der Waals surface area contributed by atoms with Gasteiger partial charge in [-0.3, -0.25) is 4.99 Å². The molecule has 0 atom stereocenters. The van der Waals surface area contributed by atoms with Gasteiger partial charge in [-0.25, -0.2) is 0 Å². The van der Waals surface area contributed by atoms with Crippen molar-refractivity contribution in [2.75, 3.05) is 19.6 Å². The summed E-state index contributed by atoms with van der Waals surface area (Å²) in [5, 5.41) is 0. The first-order valence-electron chi connectivity index (χ1n) is 23.0. The minimum absolute atomic E-state index is 0.654. The fourth-order valence-corrected chi connectivity index (χ4v) is 6.75. The summed E-state index contributed by atoms with van der Waals surface area (Å²) < 4.78 is 0. The highest BCUT2D eigenvalue weighted by atomic mass is 15.1. The molecular formula is C51H94N2. The summed E-state index contributed by atoms with van der Waals surface area (Å²) in [4.78, 5) is 7.28. The minimum Gasteiger partial charge on any atom is -0.371 e. The van der Waals surface area contributed by atoms with E-state index in [0.29, 0.717) is 5.92 Å². The van der Waals surface area contributed by atoms with E-state index in [1.165, 1.54) is 138 Å². The number of rotatable bonds is 9. The van der Waals surface area contributed by atoms with Gasteiger partial charge in [0.05, 0.1) is 5.71 Å². The molecule has 0 aromatic heterocycles. The summed E-state index contributed by atoms with van der Waals surface area (Å²) in [6.07, 6.45) is 34.4. The molecular weight excluding hydrogens is 641 g/mol. The number of allylic oxidation sites excluding steroid dienone is 4. The molecule has 0 unspecified atom stereocenters. The highest BCUT2D eigenvalue weighted by Gasteiger charge is 2.13. The molecule has 1 aromatic rings. The first-order chi connectivity index (χ1) is 25.6. The summed E-state index contributed by atoms with van der Waals surface area (Å²) >= 11 is 0. The number of benzene rings is 1. The number of nitrogens with zero attached hydrogens (tertiary/aromatic N) is 2. The zero-order valence-electron chi connectivity index (χ0n) is 38.1. The number of unbranched alkanes of at least 4 members (excludes halogenated alkanes) is 1. The lowest BCUT2D eigenvalue weighted by atomic mass is 9.84. The van der Waals surface area contributed by atoms with Crippen LogP contribution in [-0.4, -0.2) is 30.2 Å². The molecule has 1 heterocycles. The molecule has 4 rings (SSSR count). The molecule has 1 aliphatic heterocycles. The quantitative estimate of drug-likeness (QED) is 0.140. The Morgan fingerprint density at radius 1 is 0.736 bits per heavy atom. The van der Waals surface area contributed by atoms with Gasteiger partial charge >= 0.3 is 0 Å². The van der Waals surface area contributed by atoms with Crippen LogP contribution < -0.4 is 0 Å². The number of aliphatic imine (C=N–C) groups is 1. The summed E-state index contributed by atoms with van der Waals surface area (Å²) in [5.74, 6) is 2.69. The average Bonchev–Trinajstić information content (AvgIpc) is 3.49. The standard InChI is InChI=1S/C20H34N2.C10H14.C8H16.C7H14.C4H10.C2H6/c1-5-13-18(4)20(21-14-6-2)17-19(7-3)22-15-11-9-8-10-12-16-22;1-8(2)10-7-5-4-6-9(10)3;1-7-3-5-8(2)6-4-7;1-2-4-6-7-5-3-1;1-3-4-2;1-2/h7,13,17H,3,5-6,8-12,14-16H2,1-2,4H3;4-8H,1-3H3;7-8H,3-6H2,1-2H3;1-7H2;3-4H2,1-2H3;1-2H3/b18-13+,19-17+,21-20?;;;;;. The highest BCUT2D eigenvalue weighted by molar-refractivity contribution is 6.08. The van der Waals surface area contributed by atoms with Crippen molar-refractivity contribution in [3.8, 4) is 0 Å². The van der Waals surface area contributed by atoms with Crippen LogP contribution in [0.1, 0.15) is 222 Å². The van der Waals surface area contributed by atoms with Crippen molar-refractivity contribution >= 4 is 5.71 Å². The number of hydrogen-bond acceptors (Lipinski definition) is 2. The maximum atomic E-state index is 4.78. The van der Waals surface area contributed by atoms with Crippen LogP contribution in [0, 0.1) is 18.8 Å². The average molecular weight is 735 g/mol. The van der Waals surface area contributed by atoms with Gasteiger partial charge in [0.25, 0.3) is 0 Å². The second-order valence-electron chi connectivity index (χ2n) is 15.9. The fourth-order valence-electron chi connectivity index (χ4n) is 6.75. The predicted molar refractivity (Wildman–Crippen MR) is 246 cm³/mol. The van der Waals surface area contributed by atoms with Crippen LogP contribution in [0.4, 0.5) is 0 Å². The van der Waals surface area contributed by atoms with Crippen molar-refractivity contribution in [3.63, 3.8) is 0 Å². The van der Waals surface area contributed by atoms with Crippen LogP contribution in [0.2, 0.25) is 0 Å². The summed E-state index contributed by atoms with van der Waals surface area (Å²) in [7, 11) is 0. The smallest absolute Gasteiger partial charge is 0.0620 e. The molecule has 0 bridgehead atoms. The zero-order chi connectivity index (χ0) is 40.1. The molecule has 0 radical (unpaired) electrons. The molecule has 0 amide bonds. The van der Waals surface area contributed by atoms with Crippen LogP contribution in [0.15, 0.2) is 65.3 Å². The minimum atomic E-state index is 0.654. The Morgan fingerprint density at radius 3 is 1.51 bits per heavy atom. The monoisotopic (exact) mass is 735 g/mol. The third-order valence-electron chi connectivity index (χ3n) is 10.5. The van der Waals surface area contributed by atoms with Gasteiger partial charge in [0.15, 0.2) is 0 Å². The largest absolute Gasteiger partial charge is 0.371 e. The third kappa shape index (κ3) is 29.9. The van der Waals surface area contributed by atoms with Crippen molar-refractivity contribution in [2.45, 2.75) is 217 Å². The van der Waals surface area contributed by atoms with Gasteiger partial charge in [0.2, 0.25) is 0 Å². The lowest BCUT2D eigenvalue weighted by Gasteiger charge is -2.28. The molecule has 3 aliphatic rings. The van der Waals surface area contributed by atoms with Gasteiger partial charge in [-0.1, -0.05) is 209 Å². The van der Waals surface area contributed by atoms with Crippen molar-refractivity contribution in [2.24, 2.45) is 16.8 Å². The molecule has 2 nitrogen and oxygen atoms in total. The lowest BCUT2D eigenvalue weighted by molar-refractivity contribution is 0.308. The van der Waals surface area contributed by atoms with Crippen LogP contribution in [-0.2, 0) is 0 Å². The van der Waals surface area contributed by atoms with Gasteiger partial charge in [0.1, 0.15) is 0 Å². The molecule has 3 fully saturated rings. The molecule has 2 heteroatoms. The van der Waals surface area contributed by atoms with E-state index >= 15 is 0 Å². The Kier molecular flexibility index (Phi) is 38.2. The first kappa shape index (κ1) is 53.0. The van der Waals surface area contributed by atoms with Gasteiger partial charge in [0, 0.05) is 25.3 Å². The molecule has 53 heavy (non-hydrogen) atoms. The van der Waals surface area contributed by atoms with Crippen molar-refractivity contribution in [1.82, 2.24) is 4.90 Å². The van der Waals surface area contributed by atoms with Crippen molar-refractivity contribution < 1.29 is 0 Å². The number of likely N-dealkylation sites (tertiary alicyclic amines) is 1. The maximum absolute atomic E-state index is 4.78. The van der Waals surface area contributed by atoms with Crippen LogP contribution in [0.3, 0.4) is 0 Å². The molecule has 1 aromatic carbocycles. The third-order valence-corrected chi connectivity index (χ3v) is 10.5. The second kappa shape index (κ2) is 38.2. The Hall–Kier alpha value is -2.09. The Morgan fingerprint density at radius 2 is 1.17 bits per heavy atom. The van der Waals surface area contributed by atoms with Gasteiger partial charge in [-0.15, -0.1) is 0 Å². The maximum Gasteiger partial charge on any atom is 0.0620 e. The van der Waals surface area contributed by atoms with E-state index < -0.39 is 0 Å². The van der Waals surface area contributed by atoms with Crippen molar-refractivity contribution in [3.05, 3.63) is 71.5 Å². The normalized spacial score (nSPS) is 19.6.